The number of nitrogens with one attached hydrogen (secondary N) is 1. The number of rotatable bonds is 3. The molecule has 21 heavy (non-hydrogen) atoms. The highest BCUT2D eigenvalue weighted by molar-refractivity contribution is 6.30. The molecule has 108 valence electrons. The maximum atomic E-state index is 12.2. The number of hydrogen-bond acceptors (Lipinski definition) is 4. The first-order chi connectivity index (χ1) is 10.2. The Kier molecular flexibility index (Phi) is 4.01. The topological polar surface area (TPSA) is 58.1 Å². The highest BCUT2D eigenvalue weighted by Crippen LogP contribution is 2.19. The maximum Gasteiger partial charge on any atom is 0.274 e. The first-order valence-electron chi connectivity index (χ1n) is 6.86. The van der Waals surface area contributed by atoms with E-state index < -0.39 is 0 Å². The van der Waals surface area contributed by atoms with Gasteiger partial charge in [-0.2, -0.15) is 0 Å². The second kappa shape index (κ2) is 6.10. The van der Waals surface area contributed by atoms with Crippen LogP contribution in [0.4, 0.5) is 11.5 Å². The van der Waals surface area contributed by atoms with Crippen molar-refractivity contribution in [3.05, 3.63) is 47.4 Å². The van der Waals surface area contributed by atoms with Crippen molar-refractivity contribution >= 4 is 29.0 Å². The smallest absolute Gasteiger partial charge is 0.274 e. The Labute approximate surface area is 128 Å². The lowest BCUT2D eigenvalue weighted by molar-refractivity contribution is 0.102. The van der Waals surface area contributed by atoms with Crippen molar-refractivity contribution in [1.82, 2.24) is 9.97 Å². The minimum absolute atomic E-state index is 0.264. The number of nitrogens with zero attached hydrogens (tertiary/aromatic N) is 3. The van der Waals surface area contributed by atoms with Crippen molar-refractivity contribution < 1.29 is 4.79 Å². The molecule has 5 nitrogen and oxygen atoms in total. The Morgan fingerprint density at radius 3 is 2.76 bits per heavy atom. The molecule has 0 radical (unpaired) electrons. The van der Waals surface area contributed by atoms with E-state index in [0.29, 0.717) is 16.4 Å². The van der Waals surface area contributed by atoms with E-state index in [2.05, 4.69) is 20.2 Å². The maximum absolute atomic E-state index is 12.2. The van der Waals surface area contributed by atoms with Gasteiger partial charge in [-0.1, -0.05) is 17.7 Å². The number of aromatic nitrogens is 2. The number of anilines is 2. The molecule has 0 spiro atoms. The minimum Gasteiger partial charge on any atom is -0.357 e. The van der Waals surface area contributed by atoms with Crippen molar-refractivity contribution in [2.24, 2.45) is 0 Å². The Morgan fingerprint density at radius 2 is 2.00 bits per heavy atom. The zero-order valence-corrected chi connectivity index (χ0v) is 12.2. The molecule has 0 unspecified atom stereocenters. The first kappa shape index (κ1) is 13.8. The zero-order valence-electron chi connectivity index (χ0n) is 11.4. The van der Waals surface area contributed by atoms with Crippen LogP contribution in [0.5, 0.6) is 0 Å². The van der Waals surface area contributed by atoms with E-state index in [4.69, 9.17) is 11.6 Å². The van der Waals surface area contributed by atoms with Crippen molar-refractivity contribution in [3.8, 4) is 0 Å². The van der Waals surface area contributed by atoms with Gasteiger partial charge in [-0.15, -0.1) is 0 Å². The molecule has 1 saturated heterocycles. The van der Waals surface area contributed by atoms with Crippen molar-refractivity contribution in [1.29, 1.82) is 0 Å². The second-order valence-electron chi connectivity index (χ2n) is 4.92. The highest BCUT2D eigenvalue weighted by atomic mass is 35.5. The van der Waals surface area contributed by atoms with Crippen LogP contribution in [-0.2, 0) is 0 Å². The summed E-state index contributed by atoms with van der Waals surface area (Å²) < 4.78 is 0. The number of benzene rings is 1. The lowest BCUT2D eigenvalue weighted by Gasteiger charge is -2.16. The lowest BCUT2D eigenvalue weighted by atomic mass is 10.3. The van der Waals surface area contributed by atoms with Gasteiger partial charge in [0.2, 0.25) is 0 Å². The molecule has 1 fully saturated rings. The summed E-state index contributed by atoms with van der Waals surface area (Å²) in [6.07, 6.45) is 3.75. The molecular formula is C15H15ClN4O. The van der Waals surface area contributed by atoms with Crippen molar-refractivity contribution in [2.45, 2.75) is 12.8 Å². The molecule has 1 aromatic heterocycles. The van der Waals surface area contributed by atoms with E-state index in [-0.39, 0.29) is 5.91 Å². The zero-order chi connectivity index (χ0) is 14.7. The average molecular weight is 303 g/mol. The SMILES string of the molecule is O=C(Nc1cccc(Cl)c1)c1cc(N2CCCC2)ncn1. The van der Waals surface area contributed by atoms with E-state index in [1.807, 2.05) is 0 Å². The Balaban J connectivity index is 1.76. The van der Waals surface area contributed by atoms with Crippen LogP contribution in [0.15, 0.2) is 36.7 Å². The van der Waals surface area contributed by atoms with Crippen molar-refractivity contribution in [2.75, 3.05) is 23.3 Å². The summed E-state index contributed by atoms with van der Waals surface area (Å²) in [5.74, 6) is 0.541. The Morgan fingerprint density at radius 1 is 1.19 bits per heavy atom. The summed E-state index contributed by atoms with van der Waals surface area (Å²) in [5.41, 5.74) is 1.00. The van der Waals surface area contributed by atoms with Crippen molar-refractivity contribution in [3.63, 3.8) is 0 Å². The van der Waals surface area contributed by atoms with Crippen LogP contribution in [0.1, 0.15) is 23.3 Å². The molecule has 1 aliphatic heterocycles. The van der Waals surface area contributed by atoms with Gasteiger partial charge in [-0.3, -0.25) is 4.79 Å². The van der Waals surface area contributed by atoms with Gasteiger partial charge in [0.05, 0.1) is 0 Å². The molecule has 0 bridgehead atoms. The molecule has 2 heterocycles. The first-order valence-corrected chi connectivity index (χ1v) is 7.24. The predicted molar refractivity (Wildman–Crippen MR) is 82.9 cm³/mol. The summed E-state index contributed by atoms with van der Waals surface area (Å²) in [6.45, 7) is 1.96. The minimum atomic E-state index is -0.264. The van der Waals surface area contributed by atoms with Gasteiger partial charge < -0.3 is 10.2 Å². The van der Waals surface area contributed by atoms with Gasteiger partial charge in [0.15, 0.2) is 0 Å². The largest absolute Gasteiger partial charge is 0.357 e. The molecular weight excluding hydrogens is 288 g/mol. The van der Waals surface area contributed by atoms with E-state index in [1.54, 1.807) is 30.3 Å². The van der Waals surface area contributed by atoms with Crippen LogP contribution in [0.2, 0.25) is 5.02 Å². The van der Waals surface area contributed by atoms with Gasteiger partial charge in [0.1, 0.15) is 17.8 Å². The van der Waals surface area contributed by atoms with Crippen LogP contribution >= 0.6 is 11.6 Å². The van der Waals surface area contributed by atoms with Gasteiger partial charge in [-0.05, 0) is 31.0 Å². The standard InChI is InChI=1S/C15H15ClN4O/c16-11-4-3-5-12(8-11)19-15(21)13-9-14(18-10-17-13)20-6-1-2-7-20/h3-5,8-10H,1-2,6-7H2,(H,19,21). The lowest BCUT2D eigenvalue weighted by Crippen LogP contribution is -2.21. The molecule has 1 aromatic carbocycles. The van der Waals surface area contributed by atoms with Crippen LogP contribution in [0.3, 0.4) is 0 Å². The fourth-order valence-electron chi connectivity index (χ4n) is 2.35. The highest BCUT2D eigenvalue weighted by Gasteiger charge is 2.16. The van der Waals surface area contributed by atoms with Gasteiger partial charge >= 0.3 is 0 Å². The number of amides is 1. The van der Waals surface area contributed by atoms with Crippen LogP contribution in [0, 0.1) is 0 Å². The number of carbonyl (C=O) groups excluding carboxylic acids is 1. The van der Waals surface area contributed by atoms with Gasteiger partial charge in [0, 0.05) is 29.9 Å². The summed E-state index contributed by atoms with van der Waals surface area (Å²) in [4.78, 5) is 22.7. The second-order valence-corrected chi connectivity index (χ2v) is 5.36. The van der Waals surface area contributed by atoms with E-state index in [0.717, 1.165) is 31.7 Å². The molecule has 0 aliphatic carbocycles. The van der Waals surface area contributed by atoms with E-state index in [1.165, 1.54) is 6.33 Å². The molecule has 1 N–H and O–H groups in total. The third-order valence-electron chi connectivity index (χ3n) is 3.40. The van der Waals surface area contributed by atoms with Crippen LogP contribution in [0.25, 0.3) is 0 Å². The summed E-state index contributed by atoms with van der Waals surface area (Å²) in [6, 6.07) is 8.75. The normalized spacial score (nSPS) is 14.2. The van der Waals surface area contributed by atoms with Gasteiger partial charge in [0.25, 0.3) is 5.91 Å². The van der Waals surface area contributed by atoms with Gasteiger partial charge in [-0.25, -0.2) is 9.97 Å². The average Bonchev–Trinajstić information content (AvgIpc) is 3.02. The van der Waals surface area contributed by atoms with Crippen LogP contribution in [-0.4, -0.2) is 29.0 Å². The summed E-state index contributed by atoms with van der Waals surface area (Å²) in [7, 11) is 0. The van der Waals surface area contributed by atoms with E-state index >= 15 is 0 Å². The predicted octanol–water partition coefficient (Wildman–Crippen LogP) is 2.98. The quantitative estimate of drug-likeness (QED) is 0.947. The fourth-order valence-corrected chi connectivity index (χ4v) is 2.54. The molecule has 1 amide bonds. The monoisotopic (exact) mass is 302 g/mol. The summed E-state index contributed by atoms with van der Waals surface area (Å²) in [5, 5.41) is 3.36. The number of halogens is 1. The molecule has 3 rings (SSSR count). The number of hydrogen-bond donors (Lipinski definition) is 1. The molecule has 6 heteroatoms. The molecule has 2 aromatic rings. The molecule has 0 atom stereocenters. The molecule has 1 aliphatic rings. The third-order valence-corrected chi connectivity index (χ3v) is 3.63. The Hall–Kier alpha value is -2.14. The summed E-state index contributed by atoms with van der Waals surface area (Å²) >= 11 is 5.90. The third kappa shape index (κ3) is 3.31. The molecule has 0 saturated carbocycles. The van der Waals surface area contributed by atoms with E-state index in [9.17, 15) is 4.79 Å². The van der Waals surface area contributed by atoms with Crippen LogP contribution < -0.4 is 10.2 Å². The number of carbonyl (C=O) groups is 1. The fraction of sp³-hybridized carbons (Fsp3) is 0.267. The Bertz CT molecular complexity index is 656.